The van der Waals surface area contributed by atoms with Crippen molar-refractivity contribution in [3.63, 3.8) is 0 Å². The van der Waals surface area contributed by atoms with Crippen molar-refractivity contribution in [1.82, 2.24) is 18.3 Å². The van der Waals surface area contributed by atoms with Crippen molar-refractivity contribution in [1.29, 1.82) is 10.5 Å². The Kier molecular flexibility index (Phi) is 16.5. The minimum atomic E-state index is -0.415. The predicted molar refractivity (Wildman–Crippen MR) is 505 cm³/mol. The summed E-state index contributed by atoms with van der Waals surface area (Å²) in [6.45, 7) is 41.2. The van der Waals surface area contributed by atoms with Crippen molar-refractivity contribution >= 4 is 144 Å². The lowest BCUT2D eigenvalue weighted by Gasteiger charge is -2.45. The van der Waals surface area contributed by atoms with Gasteiger partial charge in [-0.25, -0.2) is 0 Å². The molecule has 20 rings (SSSR count). The Morgan fingerprint density at radius 1 is 0.235 bits per heavy atom. The van der Waals surface area contributed by atoms with E-state index in [1.807, 2.05) is 6.07 Å². The van der Waals surface area contributed by atoms with Gasteiger partial charge in [0, 0.05) is 77.2 Å². The van der Waals surface area contributed by atoms with Crippen LogP contribution in [0.1, 0.15) is 169 Å². The van der Waals surface area contributed by atoms with Gasteiger partial charge >= 0.3 is 0 Å². The second kappa shape index (κ2) is 26.2. The lowest BCUT2D eigenvalue weighted by molar-refractivity contribution is 0.569. The molecule has 18 aromatic rings. The fourth-order valence-corrected chi connectivity index (χ4v) is 19.4. The number of nitriles is 2. The number of fused-ring (bicyclic) bond motifs is 16. The summed E-state index contributed by atoms with van der Waals surface area (Å²) in [6, 6.07) is 108. The highest BCUT2D eigenvalue weighted by molar-refractivity contribution is 7.00. The van der Waals surface area contributed by atoms with Gasteiger partial charge in [0.1, 0.15) is 17.7 Å². The first-order valence-electron chi connectivity index (χ1n) is 42.2. The average Bonchev–Trinajstić information content (AvgIpc) is 1.44. The number of hydrogen-bond acceptors (Lipinski definition) is 4. The van der Waals surface area contributed by atoms with Gasteiger partial charge in [-0.2, -0.15) is 10.5 Å². The molecule has 2 aliphatic rings. The largest absolute Gasteiger partial charge is 0.310 e. The molecular weight excluding hydrogens is 1440 g/mol. The summed E-state index contributed by atoms with van der Waals surface area (Å²) < 4.78 is 9.67. The Bertz CT molecular complexity index is 7190. The van der Waals surface area contributed by atoms with Crippen molar-refractivity contribution in [2.45, 2.75) is 157 Å². The zero-order valence-electron chi connectivity index (χ0n) is 71.6. The van der Waals surface area contributed by atoms with Crippen LogP contribution in [0.25, 0.3) is 121 Å². The van der Waals surface area contributed by atoms with Gasteiger partial charge in [0.25, 0.3) is 6.71 Å². The first-order valence-corrected chi connectivity index (χ1v) is 42.2. The molecule has 4 aromatic heterocycles. The van der Waals surface area contributed by atoms with E-state index >= 15 is 0 Å². The van der Waals surface area contributed by atoms with Crippen molar-refractivity contribution in [2.24, 2.45) is 0 Å². The maximum atomic E-state index is 12.8. The van der Waals surface area contributed by atoms with Gasteiger partial charge in [-0.1, -0.05) is 264 Å². The van der Waals surface area contributed by atoms with E-state index in [9.17, 15) is 10.5 Å². The Morgan fingerprint density at radius 3 is 0.992 bits per heavy atom. The highest BCUT2D eigenvalue weighted by Crippen LogP contribution is 2.52. The number of aromatic nitrogens is 4. The normalized spacial score (nSPS) is 13.4. The van der Waals surface area contributed by atoms with Crippen molar-refractivity contribution in [2.75, 3.05) is 9.80 Å². The lowest BCUT2D eigenvalue weighted by Crippen LogP contribution is -2.61. The second-order valence-corrected chi connectivity index (χ2v) is 39.8. The van der Waals surface area contributed by atoms with Crippen LogP contribution in [0.4, 0.5) is 34.1 Å². The zero-order valence-corrected chi connectivity index (χ0v) is 71.6. The maximum absolute atomic E-state index is 12.8. The topological polar surface area (TPSA) is 73.8 Å². The molecule has 2 aliphatic heterocycles. The highest BCUT2D eigenvalue weighted by Gasteiger charge is 2.46. The molecular formula is C110H99BN8. The molecule has 0 spiro atoms. The number of para-hydroxylation sites is 4. The number of benzene rings is 14. The molecule has 0 saturated heterocycles. The Hall–Kier alpha value is -13.1. The number of hydrogen-bond donors (Lipinski definition) is 0. The molecule has 582 valence electrons. The minimum absolute atomic E-state index is 0.109. The van der Waals surface area contributed by atoms with Crippen LogP contribution < -0.4 is 26.2 Å². The molecule has 9 heteroatoms. The van der Waals surface area contributed by atoms with Crippen LogP contribution in [-0.2, 0) is 32.5 Å². The van der Waals surface area contributed by atoms with Gasteiger partial charge in [-0.3, -0.25) is 0 Å². The van der Waals surface area contributed by atoms with Crippen LogP contribution in [0.15, 0.2) is 273 Å². The number of anilines is 6. The molecule has 6 heterocycles. The molecule has 0 bridgehead atoms. The Morgan fingerprint density at radius 2 is 0.580 bits per heavy atom. The molecule has 0 N–H and O–H groups in total. The van der Waals surface area contributed by atoms with Gasteiger partial charge in [0.15, 0.2) is 0 Å². The van der Waals surface area contributed by atoms with E-state index < -0.39 is 6.71 Å². The van der Waals surface area contributed by atoms with E-state index in [2.05, 4.69) is 432 Å². The molecule has 0 aliphatic carbocycles. The summed E-state index contributed by atoms with van der Waals surface area (Å²) in [5, 5.41) is 34.2. The third-order valence-electron chi connectivity index (χ3n) is 25.9. The van der Waals surface area contributed by atoms with Crippen LogP contribution in [0.3, 0.4) is 0 Å². The quantitative estimate of drug-likeness (QED) is 0.149. The van der Waals surface area contributed by atoms with Crippen LogP contribution in [0.5, 0.6) is 0 Å². The smallest absolute Gasteiger partial charge is 0.252 e. The summed E-state index contributed by atoms with van der Waals surface area (Å²) in [7, 11) is 0. The Labute approximate surface area is 699 Å². The Balaban J connectivity index is 0.967. The predicted octanol–water partition coefficient (Wildman–Crippen LogP) is 27.4. The number of nitrogens with zero attached hydrogens (tertiary/aromatic N) is 8. The zero-order chi connectivity index (χ0) is 82.8. The SMILES string of the molecule is CC(C)(C)c1cc(-c2ccc3c(c2)N(c2cc(-n4c5ccccc5c5ccccc54)ccc2C#N)c2cc(-n4c5ccc(C(C)(C)C)cc5c5cc(C(C)(C)C)ccc54)cc4c2B3c2ccc(-n3c5ccc(C(C)(C)C)cc5c5cc(C(C)(C)C)ccc53)cc2N4c2cccc(-n3c4ccccc4c4ccccc43)c2C#N)cc(C(C)(C)C)c1. The monoisotopic (exact) mass is 1540 g/mol. The summed E-state index contributed by atoms with van der Waals surface area (Å²) in [4.78, 5) is 4.92. The highest BCUT2D eigenvalue weighted by atomic mass is 15.2. The lowest BCUT2D eigenvalue weighted by atomic mass is 9.33. The van der Waals surface area contributed by atoms with E-state index in [-0.39, 0.29) is 32.5 Å². The fraction of sp³-hybridized carbons (Fsp3) is 0.218. The second-order valence-electron chi connectivity index (χ2n) is 39.8. The van der Waals surface area contributed by atoms with E-state index in [4.69, 9.17) is 0 Å². The van der Waals surface area contributed by atoms with Crippen molar-refractivity contribution in [3.8, 4) is 46.0 Å². The molecule has 0 atom stereocenters. The van der Waals surface area contributed by atoms with E-state index in [0.29, 0.717) is 11.1 Å². The minimum Gasteiger partial charge on any atom is -0.310 e. The molecule has 0 saturated carbocycles. The first-order chi connectivity index (χ1) is 56.7. The fourth-order valence-electron chi connectivity index (χ4n) is 19.4. The third-order valence-corrected chi connectivity index (χ3v) is 25.9. The van der Waals surface area contributed by atoms with E-state index in [1.54, 1.807) is 0 Å². The van der Waals surface area contributed by atoms with Gasteiger partial charge in [0.2, 0.25) is 0 Å². The van der Waals surface area contributed by atoms with E-state index in [1.165, 1.54) is 54.9 Å². The maximum Gasteiger partial charge on any atom is 0.252 e. The molecule has 119 heavy (non-hydrogen) atoms. The average molecular weight is 1540 g/mol. The van der Waals surface area contributed by atoms with Gasteiger partial charge in [-0.05, 0) is 227 Å². The summed E-state index contributed by atoms with van der Waals surface area (Å²) in [6.07, 6.45) is 0. The van der Waals surface area contributed by atoms with Crippen molar-refractivity contribution in [3.05, 3.63) is 317 Å². The van der Waals surface area contributed by atoms with Gasteiger partial charge < -0.3 is 28.1 Å². The summed E-state index contributed by atoms with van der Waals surface area (Å²) in [5.41, 5.74) is 30.5. The number of rotatable bonds is 7. The molecule has 0 amide bonds. The third kappa shape index (κ3) is 11.7. The molecule has 0 fully saturated rings. The molecule has 14 aromatic carbocycles. The molecule has 0 unspecified atom stereocenters. The van der Waals surface area contributed by atoms with Crippen LogP contribution in [-0.4, -0.2) is 25.0 Å². The van der Waals surface area contributed by atoms with Gasteiger partial charge in [-0.15, -0.1) is 0 Å². The van der Waals surface area contributed by atoms with Crippen LogP contribution >= 0.6 is 0 Å². The van der Waals surface area contributed by atoms with Crippen LogP contribution in [0, 0.1) is 22.7 Å². The van der Waals surface area contributed by atoms with Gasteiger partial charge in [0.05, 0.1) is 72.4 Å². The first kappa shape index (κ1) is 74.7. The summed E-state index contributed by atoms with van der Waals surface area (Å²) >= 11 is 0. The summed E-state index contributed by atoms with van der Waals surface area (Å²) in [5.74, 6) is 0. The van der Waals surface area contributed by atoms with Crippen molar-refractivity contribution < 1.29 is 0 Å². The van der Waals surface area contributed by atoms with E-state index in [0.717, 1.165) is 150 Å². The molecule has 0 radical (unpaired) electrons. The molecule has 8 nitrogen and oxygen atoms in total. The van der Waals surface area contributed by atoms with Crippen LogP contribution in [0.2, 0.25) is 0 Å². The standard InChI is InChI=1S/C110H99BN8/c1-105(2,3)69-40-48-95-82(56-69)83-57-70(106(4,5)6)41-49-96(83)115(95)76-45-47-88-101(61-76)118(94-37-27-36-93(86(94)65-113)117-91-34-25-21-30-80(91)81-31-22-26-35-92(81)117)102-62-77(116-97-50-42-71(107(7,8)9)58-84(97)85-59-72(108(10,11)12)43-51-98(85)116)63-103-104(102)111(88)87-46-39-66(68-52-73(109(13,14)15)55-74(53-68)110(16,17)18)54-100(87)119(103)99-60-75(44-38-67(99)64-112)114-89-32-23-19-28-78(89)79-29-20-24-33-90(79)114/h19-63H,1-18H3.